The van der Waals surface area contributed by atoms with Gasteiger partial charge in [-0.3, -0.25) is 9.36 Å². The standard InChI is InChI=1S/C18H14N4O2/c1-2-10-21-17(15-9-6-11-24-15)20-16-14(18(21)23)12-19-22(16)13-7-4-3-5-8-13/h2-9,11-12H,1,10H2. The first-order chi connectivity index (χ1) is 11.8. The zero-order chi connectivity index (χ0) is 16.5. The molecule has 4 aromatic rings. The van der Waals surface area contributed by atoms with Crippen LogP contribution in [-0.2, 0) is 6.54 Å². The van der Waals surface area contributed by atoms with E-state index in [0.29, 0.717) is 29.2 Å². The molecule has 4 rings (SSSR count). The summed E-state index contributed by atoms with van der Waals surface area (Å²) in [7, 11) is 0. The molecule has 0 atom stereocenters. The number of furan rings is 1. The topological polar surface area (TPSA) is 65.8 Å². The summed E-state index contributed by atoms with van der Waals surface area (Å²) in [6, 6.07) is 13.1. The van der Waals surface area contributed by atoms with Crippen LogP contribution in [0.5, 0.6) is 0 Å². The predicted molar refractivity (Wildman–Crippen MR) is 91.0 cm³/mol. The molecule has 0 unspecified atom stereocenters. The number of fused-ring (bicyclic) bond motifs is 1. The van der Waals surface area contributed by atoms with Crippen molar-refractivity contribution >= 4 is 11.0 Å². The summed E-state index contributed by atoms with van der Waals surface area (Å²) in [5.41, 5.74) is 1.16. The van der Waals surface area contributed by atoms with E-state index >= 15 is 0 Å². The highest BCUT2D eigenvalue weighted by Gasteiger charge is 2.17. The van der Waals surface area contributed by atoms with Gasteiger partial charge in [0.05, 0.1) is 18.1 Å². The van der Waals surface area contributed by atoms with Crippen LogP contribution in [0.25, 0.3) is 28.3 Å². The van der Waals surface area contributed by atoms with Crippen molar-refractivity contribution < 1.29 is 4.42 Å². The molecule has 6 heteroatoms. The van der Waals surface area contributed by atoms with Gasteiger partial charge in [0.15, 0.2) is 17.2 Å². The SMILES string of the molecule is C=CCn1c(-c2ccco2)nc2c(cnn2-c2ccccc2)c1=O. The molecule has 0 aliphatic heterocycles. The quantitative estimate of drug-likeness (QED) is 0.543. The van der Waals surface area contributed by atoms with Gasteiger partial charge in [0.25, 0.3) is 5.56 Å². The van der Waals surface area contributed by atoms with Crippen molar-refractivity contribution in [2.75, 3.05) is 0 Å². The summed E-state index contributed by atoms with van der Waals surface area (Å²) in [6.07, 6.45) is 4.75. The maximum Gasteiger partial charge on any atom is 0.265 e. The molecule has 3 aromatic heterocycles. The number of allylic oxidation sites excluding steroid dienone is 1. The van der Waals surface area contributed by atoms with Crippen molar-refractivity contribution in [3.05, 3.63) is 77.9 Å². The fourth-order valence-corrected chi connectivity index (χ4v) is 2.65. The molecule has 0 saturated carbocycles. The second-order valence-corrected chi connectivity index (χ2v) is 5.25. The first kappa shape index (κ1) is 14.2. The summed E-state index contributed by atoms with van der Waals surface area (Å²) in [6.45, 7) is 4.06. The van der Waals surface area contributed by atoms with E-state index in [2.05, 4.69) is 16.7 Å². The number of benzene rings is 1. The van der Waals surface area contributed by atoms with Gasteiger partial charge in [-0.1, -0.05) is 24.3 Å². The van der Waals surface area contributed by atoms with E-state index < -0.39 is 0 Å². The van der Waals surface area contributed by atoms with Gasteiger partial charge in [-0.15, -0.1) is 6.58 Å². The van der Waals surface area contributed by atoms with Crippen LogP contribution in [0.4, 0.5) is 0 Å². The Labute approximate surface area is 137 Å². The molecule has 0 N–H and O–H groups in total. The van der Waals surface area contributed by atoms with Gasteiger partial charge in [-0.2, -0.15) is 5.10 Å². The van der Waals surface area contributed by atoms with E-state index in [0.717, 1.165) is 5.69 Å². The monoisotopic (exact) mass is 318 g/mol. The van der Waals surface area contributed by atoms with Gasteiger partial charge < -0.3 is 4.42 Å². The van der Waals surface area contributed by atoms with Crippen molar-refractivity contribution in [1.82, 2.24) is 19.3 Å². The van der Waals surface area contributed by atoms with Crippen LogP contribution in [-0.4, -0.2) is 19.3 Å². The lowest BCUT2D eigenvalue weighted by Crippen LogP contribution is -2.22. The highest BCUT2D eigenvalue weighted by Crippen LogP contribution is 2.21. The molecular weight excluding hydrogens is 304 g/mol. The minimum Gasteiger partial charge on any atom is -0.461 e. The molecule has 0 bridgehead atoms. The molecule has 0 aliphatic rings. The van der Waals surface area contributed by atoms with Crippen molar-refractivity contribution in [2.24, 2.45) is 0 Å². The van der Waals surface area contributed by atoms with E-state index in [1.807, 2.05) is 30.3 Å². The van der Waals surface area contributed by atoms with Gasteiger partial charge in [0, 0.05) is 6.54 Å². The number of nitrogens with zero attached hydrogens (tertiary/aromatic N) is 4. The molecule has 0 spiro atoms. The summed E-state index contributed by atoms with van der Waals surface area (Å²) in [4.78, 5) is 17.5. The van der Waals surface area contributed by atoms with E-state index in [1.165, 1.54) is 4.57 Å². The Morgan fingerprint density at radius 1 is 1.17 bits per heavy atom. The molecule has 6 nitrogen and oxygen atoms in total. The third-order valence-electron chi connectivity index (χ3n) is 3.74. The zero-order valence-electron chi connectivity index (χ0n) is 12.8. The third kappa shape index (κ3) is 2.16. The van der Waals surface area contributed by atoms with E-state index in [1.54, 1.807) is 35.4 Å². The molecule has 0 fully saturated rings. The minimum atomic E-state index is -0.173. The lowest BCUT2D eigenvalue weighted by molar-refractivity contribution is 0.569. The normalized spacial score (nSPS) is 11.0. The van der Waals surface area contributed by atoms with Crippen molar-refractivity contribution in [2.45, 2.75) is 6.54 Å². The van der Waals surface area contributed by atoms with Crippen molar-refractivity contribution in [3.63, 3.8) is 0 Å². The Balaban J connectivity index is 2.05. The molecule has 0 saturated heterocycles. The second-order valence-electron chi connectivity index (χ2n) is 5.25. The first-order valence-electron chi connectivity index (χ1n) is 7.48. The third-order valence-corrected chi connectivity index (χ3v) is 3.74. The summed E-state index contributed by atoms with van der Waals surface area (Å²) < 4.78 is 8.63. The average Bonchev–Trinajstić information content (AvgIpc) is 3.27. The Morgan fingerprint density at radius 2 is 2.00 bits per heavy atom. The average molecular weight is 318 g/mol. The largest absolute Gasteiger partial charge is 0.461 e. The minimum absolute atomic E-state index is 0.173. The van der Waals surface area contributed by atoms with E-state index in [9.17, 15) is 4.79 Å². The Kier molecular flexibility index (Phi) is 3.35. The van der Waals surface area contributed by atoms with Crippen molar-refractivity contribution in [3.8, 4) is 17.3 Å². The van der Waals surface area contributed by atoms with E-state index in [-0.39, 0.29) is 5.56 Å². The number of hydrogen-bond acceptors (Lipinski definition) is 4. The van der Waals surface area contributed by atoms with Crippen LogP contribution in [0.1, 0.15) is 0 Å². The fraction of sp³-hybridized carbons (Fsp3) is 0.0556. The molecule has 0 radical (unpaired) electrons. The summed E-state index contributed by atoms with van der Waals surface area (Å²) in [5.74, 6) is 0.978. The van der Waals surface area contributed by atoms with Crippen LogP contribution in [0.3, 0.4) is 0 Å². The maximum absolute atomic E-state index is 12.9. The lowest BCUT2D eigenvalue weighted by atomic mass is 10.3. The van der Waals surface area contributed by atoms with Crippen LogP contribution in [0.15, 0.2) is 76.8 Å². The lowest BCUT2D eigenvalue weighted by Gasteiger charge is -2.09. The molecule has 0 aliphatic carbocycles. The maximum atomic E-state index is 12.9. The molecule has 24 heavy (non-hydrogen) atoms. The predicted octanol–water partition coefficient (Wildman–Crippen LogP) is 3.03. The van der Waals surface area contributed by atoms with Gasteiger partial charge in [0.1, 0.15) is 5.39 Å². The molecule has 3 heterocycles. The number of hydrogen-bond donors (Lipinski definition) is 0. The summed E-state index contributed by atoms with van der Waals surface area (Å²) >= 11 is 0. The van der Waals surface area contributed by atoms with Gasteiger partial charge >= 0.3 is 0 Å². The Bertz CT molecular complexity index is 1060. The van der Waals surface area contributed by atoms with Crippen LogP contribution in [0.2, 0.25) is 0 Å². The Morgan fingerprint density at radius 3 is 2.71 bits per heavy atom. The van der Waals surface area contributed by atoms with E-state index in [4.69, 9.17) is 4.42 Å². The molecule has 0 amide bonds. The van der Waals surface area contributed by atoms with Crippen LogP contribution in [0, 0.1) is 0 Å². The van der Waals surface area contributed by atoms with Crippen LogP contribution < -0.4 is 5.56 Å². The molecular formula is C18H14N4O2. The zero-order valence-corrected chi connectivity index (χ0v) is 12.8. The second kappa shape index (κ2) is 5.66. The smallest absolute Gasteiger partial charge is 0.265 e. The number of aromatic nitrogens is 4. The van der Waals surface area contributed by atoms with Gasteiger partial charge in [-0.05, 0) is 24.3 Å². The number of para-hydroxylation sites is 1. The molecule has 1 aromatic carbocycles. The summed E-state index contributed by atoms with van der Waals surface area (Å²) in [5, 5.41) is 4.79. The first-order valence-corrected chi connectivity index (χ1v) is 7.48. The Hall–Kier alpha value is -3.41. The number of rotatable bonds is 4. The molecule has 118 valence electrons. The van der Waals surface area contributed by atoms with Gasteiger partial charge in [0.2, 0.25) is 0 Å². The highest BCUT2D eigenvalue weighted by molar-refractivity contribution is 5.77. The highest BCUT2D eigenvalue weighted by atomic mass is 16.3. The fourth-order valence-electron chi connectivity index (χ4n) is 2.65. The van der Waals surface area contributed by atoms with Gasteiger partial charge in [-0.25, -0.2) is 9.67 Å². The van der Waals surface area contributed by atoms with Crippen molar-refractivity contribution in [1.29, 1.82) is 0 Å². The van der Waals surface area contributed by atoms with Crippen LogP contribution >= 0.6 is 0 Å².